The van der Waals surface area contributed by atoms with E-state index in [9.17, 15) is 19.5 Å². The van der Waals surface area contributed by atoms with Gasteiger partial charge in [0.2, 0.25) is 0 Å². The second-order valence-corrected chi connectivity index (χ2v) is 8.23. The summed E-state index contributed by atoms with van der Waals surface area (Å²) in [7, 11) is 0. The highest BCUT2D eigenvalue weighted by Gasteiger charge is 2.57. The molecule has 6 atom stereocenters. The Morgan fingerprint density at radius 3 is 2.73 bits per heavy atom. The maximum atomic E-state index is 12.5. The summed E-state index contributed by atoms with van der Waals surface area (Å²) in [6, 6.07) is 0. The van der Waals surface area contributed by atoms with Crippen molar-refractivity contribution in [3.8, 4) is 0 Å². The van der Waals surface area contributed by atoms with Gasteiger partial charge in [-0.25, -0.2) is 9.59 Å². The lowest BCUT2D eigenvalue weighted by Crippen LogP contribution is -2.38. The molecule has 3 aliphatic rings. The fourth-order valence-electron chi connectivity index (χ4n) is 3.94. The lowest BCUT2D eigenvalue weighted by atomic mass is 9.82. The summed E-state index contributed by atoms with van der Waals surface area (Å²) >= 11 is 0. The molecular formula is C22H28O8. The first kappa shape index (κ1) is 22.2. The Balaban J connectivity index is 1.99. The van der Waals surface area contributed by atoms with E-state index in [1.165, 1.54) is 6.92 Å². The second-order valence-electron chi connectivity index (χ2n) is 8.23. The van der Waals surface area contributed by atoms with Crippen molar-refractivity contribution in [2.45, 2.75) is 70.6 Å². The third-order valence-electron chi connectivity index (χ3n) is 6.00. The highest BCUT2D eigenvalue weighted by Crippen LogP contribution is 2.48. The molecule has 0 bridgehead atoms. The number of aliphatic hydroxyl groups excluding tert-OH is 1. The predicted octanol–water partition coefficient (Wildman–Crippen LogP) is 1.76. The van der Waals surface area contributed by atoms with Crippen molar-refractivity contribution < 1.29 is 38.4 Å². The lowest BCUT2D eigenvalue weighted by molar-refractivity contribution is -0.148. The fraction of sp³-hybridized carbons (Fsp3) is 0.591. The number of allylic oxidation sites excluding steroid dienone is 1. The van der Waals surface area contributed by atoms with E-state index in [-0.39, 0.29) is 24.7 Å². The quantitative estimate of drug-likeness (QED) is 0.241. The van der Waals surface area contributed by atoms with Crippen molar-refractivity contribution in [1.29, 1.82) is 0 Å². The number of ether oxygens (including phenoxy) is 4. The van der Waals surface area contributed by atoms with Gasteiger partial charge in [0.15, 0.2) is 0 Å². The maximum absolute atomic E-state index is 12.5. The zero-order valence-corrected chi connectivity index (χ0v) is 17.7. The van der Waals surface area contributed by atoms with Crippen molar-refractivity contribution in [3.63, 3.8) is 0 Å². The van der Waals surface area contributed by atoms with Gasteiger partial charge in [-0.3, -0.25) is 4.79 Å². The van der Waals surface area contributed by atoms with Gasteiger partial charge < -0.3 is 24.1 Å². The molecule has 0 aromatic carbocycles. The van der Waals surface area contributed by atoms with Crippen LogP contribution in [0.4, 0.5) is 0 Å². The number of fused-ring (bicyclic) bond motifs is 2. The molecule has 2 saturated heterocycles. The highest BCUT2D eigenvalue weighted by atomic mass is 16.6. The Hall–Kier alpha value is -2.45. The van der Waals surface area contributed by atoms with Crippen LogP contribution < -0.4 is 0 Å². The zero-order valence-electron chi connectivity index (χ0n) is 17.7. The van der Waals surface area contributed by atoms with Crippen molar-refractivity contribution in [2.75, 3.05) is 6.61 Å². The number of rotatable bonds is 4. The third kappa shape index (κ3) is 4.49. The minimum Gasteiger partial charge on any atom is -0.461 e. The molecule has 164 valence electrons. The van der Waals surface area contributed by atoms with Crippen LogP contribution in [-0.2, 0) is 33.3 Å². The summed E-state index contributed by atoms with van der Waals surface area (Å²) < 4.78 is 22.1. The van der Waals surface area contributed by atoms with E-state index < -0.39 is 47.7 Å². The van der Waals surface area contributed by atoms with Gasteiger partial charge >= 0.3 is 17.9 Å². The van der Waals surface area contributed by atoms with Crippen molar-refractivity contribution >= 4 is 17.9 Å². The molecule has 30 heavy (non-hydrogen) atoms. The minimum absolute atomic E-state index is 0.144. The molecule has 1 aliphatic carbocycles. The molecule has 2 fully saturated rings. The number of hydrogen-bond acceptors (Lipinski definition) is 8. The van der Waals surface area contributed by atoms with Gasteiger partial charge in [0.1, 0.15) is 18.8 Å². The minimum atomic E-state index is -0.936. The molecule has 0 aromatic rings. The highest BCUT2D eigenvalue weighted by molar-refractivity contribution is 5.92. The van der Waals surface area contributed by atoms with Gasteiger partial charge in [-0.05, 0) is 32.4 Å². The first-order valence-corrected chi connectivity index (χ1v) is 9.99. The molecular weight excluding hydrogens is 392 g/mol. The molecule has 0 spiro atoms. The van der Waals surface area contributed by atoms with Crippen LogP contribution in [0.15, 0.2) is 35.5 Å². The van der Waals surface area contributed by atoms with E-state index in [1.807, 2.05) is 6.92 Å². The van der Waals surface area contributed by atoms with Gasteiger partial charge in [-0.2, -0.15) is 0 Å². The van der Waals surface area contributed by atoms with Crippen molar-refractivity contribution in [1.82, 2.24) is 0 Å². The van der Waals surface area contributed by atoms with Crippen molar-refractivity contribution in [2.24, 2.45) is 5.92 Å². The Morgan fingerprint density at radius 2 is 2.10 bits per heavy atom. The van der Waals surface area contributed by atoms with E-state index in [0.29, 0.717) is 17.6 Å². The number of esters is 3. The Kier molecular flexibility index (Phi) is 6.19. The van der Waals surface area contributed by atoms with E-state index in [2.05, 4.69) is 6.58 Å². The van der Waals surface area contributed by atoms with Crippen LogP contribution in [0.2, 0.25) is 0 Å². The van der Waals surface area contributed by atoms with E-state index in [1.54, 1.807) is 26.0 Å². The first-order chi connectivity index (χ1) is 14.1. The lowest BCUT2D eigenvalue weighted by Gasteiger charge is -2.29. The van der Waals surface area contributed by atoms with E-state index in [0.717, 1.165) is 0 Å². The average molecular weight is 420 g/mol. The summed E-state index contributed by atoms with van der Waals surface area (Å²) in [5.74, 6) is -2.23. The maximum Gasteiger partial charge on any atom is 0.334 e. The molecule has 0 amide bonds. The number of hydrogen-bond donors (Lipinski definition) is 1. The number of carbonyl (C=O) groups excluding carboxylic acids is 3. The molecule has 1 N–H and O–H groups in total. The standard InChI is InChI=1S/C22H28O8/c1-6-11(2)20(25)29-17-9-22(5)18(30-22)8-15(24)14(10-27-13(4)23)7-16-19(17)12(3)21(26)28-16/h6-7,15-19,24H,3,8-10H2,1-2,4-5H3/b11-6+,14-7-/t15-,16-,17+,18+,19-,22-/m0/s1. The van der Waals surface area contributed by atoms with Crippen LogP contribution in [0.3, 0.4) is 0 Å². The number of epoxide rings is 1. The molecule has 0 radical (unpaired) electrons. The monoisotopic (exact) mass is 420 g/mol. The Bertz CT molecular complexity index is 825. The molecule has 0 saturated carbocycles. The molecule has 0 unspecified atom stereocenters. The smallest absolute Gasteiger partial charge is 0.334 e. The normalized spacial score (nSPS) is 37.8. The van der Waals surface area contributed by atoms with Gasteiger partial charge in [0.05, 0.1) is 23.7 Å². The van der Waals surface area contributed by atoms with Crippen LogP contribution in [0.1, 0.15) is 40.5 Å². The molecule has 8 heteroatoms. The molecule has 8 nitrogen and oxygen atoms in total. The van der Waals surface area contributed by atoms with Crippen LogP contribution in [0.5, 0.6) is 0 Å². The van der Waals surface area contributed by atoms with Crippen molar-refractivity contribution in [3.05, 3.63) is 35.5 Å². The van der Waals surface area contributed by atoms with Gasteiger partial charge in [0, 0.05) is 30.9 Å². The Labute approximate surface area is 175 Å². The van der Waals surface area contributed by atoms with Gasteiger partial charge in [-0.15, -0.1) is 0 Å². The fourth-order valence-corrected chi connectivity index (χ4v) is 3.94. The summed E-state index contributed by atoms with van der Waals surface area (Å²) in [6.45, 7) is 10.2. The topological polar surface area (TPSA) is 112 Å². The van der Waals surface area contributed by atoms with Gasteiger partial charge in [0.25, 0.3) is 0 Å². The van der Waals surface area contributed by atoms with Crippen LogP contribution >= 0.6 is 0 Å². The summed E-state index contributed by atoms with van der Waals surface area (Å²) in [4.78, 5) is 36.1. The molecule has 3 rings (SSSR count). The van der Waals surface area contributed by atoms with E-state index >= 15 is 0 Å². The first-order valence-electron chi connectivity index (χ1n) is 9.99. The summed E-state index contributed by atoms with van der Waals surface area (Å²) in [6.07, 6.45) is 1.11. The molecule has 2 heterocycles. The molecule has 0 aromatic heterocycles. The average Bonchev–Trinajstić information content (AvgIpc) is 3.20. The predicted molar refractivity (Wildman–Crippen MR) is 105 cm³/mol. The largest absolute Gasteiger partial charge is 0.461 e. The number of aliphatic hydroxyl groups is 1. The van der Waals surface area contributed by atoms with Crippen LogP contribution in [-0.4, -0.2) is 59.6 Å². The summed E-state index contributed by atoms with van der Waals surface area (Å²) in [5.41, 5.74) is 0.405. The van der Waals surface area contributed by atoms with Crippen LogP contribution in [0.25, 0.3) is 0 Å². The van der Waals surface area contributed by atoms with Gasteiger partial charge in [-0.1, -0.05) is 12.7 Å². The zero-order chi connectivity index (χ0) is 22.2. The summed E-state index contributed by atoms with van der Waals surface area (Å²) in [5, 5.41) is 10.7. The Morgan fingerprint density at radius 1 is 1.40 bits per heavy atom. The second kappa shape index (κ2) is 8.35. The third-order valence-corrected chi connectivity index (χ3v) is 6.00. The SMILES string of the molecule is C=C1C(=O)O[C@H]2/C=C(/COC(C)=O)[C@@H](O)C[C@H]3O[C@@]3(C)C[C@@H](OC(=O)/C(C)=C/C)[C@@H]12. The van der Waals surface area contributed by atoms with Crippen LogP contribution in [0, 0.1) is 5.92 Å². The van der Waals surface area contributed by atoms with E-state index in [4.69, 9.17) is 18.9 Å². The molecule has 2 aliphatic heterocycles. The number of carbonyl (C=O) groups is 3.